The van der Waals surface area contributed by atoms with Crippen molar-refractivity contribution in [1.29, 1.82) is 0 Å². The summed E-state index contributed by atoms with van der Waals surface area (Å²) in [5, 5.41) is 1.49. The molecule has 0 aliphatic rings. The number of methoxy groups -OCH3 is 1. The van der Waals surface area contributed by atoms with E-state index < -0.39 is 0 Å². The molecule has 2 nitrogen and oxygen atoms in total. The normalized spacial score (nSPS) is 10.6. The number of hydrogen-bond acceptors (Lipinski definition) is 3. The monoisotopic (exact) mass is 267 g/mol. The Hall–Kier alpha value is -1.19. The van der Waals surface area contributed by atoms with E-state index in [-0.39, 0.29) is 0 Å². The van der Waals surface area contributed by atoms with Gasteiger partial charge >= 0.3 is 0 Å². The van der Waals surface area contributed by atoms with Crippen LogP contribution in [-0.2, 0) is 0 Å². The van der Waals surface area contributed by atoms with Gasteiger partial charge < -0.3 is 10.5 Å². The summed E-state index contributed by atoms with van der Waals surface area (Å²) in [7, 11) is 1.65. The molecule has 0 amide bonds. The molecule has 0 saturated carbocycles. The van der Waals surface area contributed by atoms with Crippen molar-refractivity contribution >= 4 is 27.9 Å². The van der Waals surface area contributed by atoms with Gasteiger partial charge in [-0.1, -0.05) is 11.6 Å². The molecule has 2 rings (SSSR count). The van der Waals surface area contributed by atoms with Crippen LogP contribution in [0.1, 0.15) is 10.4 Å². The fraction of sp³-hybridized carbons (Fsp3) is 0.231. The highest BCUT2D eigenvalue weighted by Gasteiger charge is 2.16. The van der Waals surface area contributed by atoms with E-state index in [1.54, 1.807) is 18.4 Å². The lowest BCUT2D eigenvalue weighted by Crippen LogP contribution is -1.91. The first-order valence-electron chi connectivity index (χ1n) is 5.24. The van der Waals surface area contributed by atoms with Crippen LogP contribution in [0.15, 0.2) is 18.2 Å². The van der Waals surface area contributed by atoms with Crippen LogP contribution in [0.4, 0.5) is 5.00 Å². The van der Waals surface area contributed by atoms with Gasteiger partial charge in [0.25, 0.3) is 0 Å². The van der Waals surface area contributed by atoms with Crippen molar-refractivity contribution in [2.24, 2.45) is 0 Å². The van der Waals surface area contributed by atoms with Crippen molar-refractivity contribution in [2.45, 2.75) is 13.8 Å². The second kappa shape index (κ2) is 4.59. The highest BCUT2D eigenvalue weighted by atomic mass is 35.5. The maximum Gasteiger partial charge on any atom is 0.126 e. The molecule has 2 aromatic rings. The van der Waals surface area contributed by atoms with E-state index in [1.165, 1.54) is 10.4 Å². The Balaban J connectivity index is 2.71. The summed E-state index contributed by atoms with van der Waals surface area (Å²) in [5.74, 6) is 0.794. The SMILES string of the molecule is COc1ccc(Cl)cc1-c1c(N)sc(C)c1C. The van der Waals surface area contributed by atoms with Crippen molar-refractivity contribution in [2.75, 3.05) is 12.8 Å². The van der Waals surface area contributed by atoms with Gasteiger partial charge in [0.05, 0.1) is 12.1 Å². The lowest BCUT2D eigenvalue weighted by Gasteiger charge is -2.10. The van der Waals surface area contributed by atoms with Gasteiger partial charge in [-0.3, -0.25) is 0 Å². The van der Waals surface area contributed by atoms with Crippen molar-refractivity contribution in [3.05, 3.63) is 33.7 Å². The predicted octanol–water partition coefficient (Wildman–Crippen LogP) is 4.28. The second-order valence-corrected chi connectivity index (χ2v) is 5.56. The molecule has 0 aliphatic heterocycles. The Morgan fingerprint density at radius 3 is 2.53 bits per heavy atom. The summed E-state index contributed by atoms with van der Waals surface area (Å²) in [4.78, 5) is 1.22. The Morgan fingerprint density at radius 2 is 2.00 bits per heavy atom. The van der Waals surface area contributed by atoms with E-state index in [0.717, 1.165) is 21.9 Å². The molecule has 0 spiro atoms. The lowest BCUT2D eigenvalue weighted by molar-refractivity contribution is 0.416. The number of nitrogens with two attached hydrogens (primary N) is 1. The van der Waals surface area contributed by atoms with E-state index in [0.29, 0.717) is 5.02 Å². The fourth-order valence-electron chi connectivity index (χ4n) is 1.86. The van der Waals surface area contributed by atoms with Gasteiger partial charge in [-0.05, 0) is 37.6 Å². The van der Waals surface area contributed by atoms with E-state index in [9.17, 15) is 0 Å². The highest BCUT2D eigenvalue weighted by Crippen LogP contribution is 2.42. The molecule has 0 atom stereocenters. The van der Waals surface area contributed by atoms with Crippen LogP contribution in [0.25, 0.3) is 11.1 Å². The summed E-state index contributed by atoms with van der Waals surface area (Å²) in [6, 6.07) is 5.57. The minimum absolute atomic E-state index is 0.684. The van der Waals surface area contributed by atoms with Crippen molar-refractivity contribution < 1.29 is 4.74 Å². The predicted molar refractivity (Wildman–Crippen MR) is 75.2 cm³/mol. The number of nitrogen functional groups attached to an aromatic ring is 1. The van der Waals surface area contributed by atoms with E-state index in [4.69, 9.17) is 22.1 Å². The van der Waals surface area contributed by atoms with Gasteiger partial charge in [0.1, 0.15) is 5.75 Å². The zero-order chi connectivity index (χ0) is 12.6. The van der Waals surface area contributed by atoms with Gasteiger partial charge in [0.2, 0.25) is 0 Å². The maximum absolute atomic E-state index is 6.07. The van der Waals surface area contributed by atoms with Crippen LogP contribution >= 0.6 is 22.9 Å². The fourth-order valence-corrected chi connectivity index (χ4v) is 2.99. The molecule has 0 fully saturated rings. The standard InChI is InChI=1S/C13H14ClNOS/c1-7-8(2)17-13(15)12(7)10-6-9(14)4-5-11(10)16-3/h4-6H,15H2,1-3H3. The Bertz CT molecular complexity index is 563. The first-order valence-corrected chi connectivity index (χ1v) is 6.43. The molecule has 1 heterocycles. The number of halogens is 1. The molecular formula is C13H14ClNOS. The van der Waals surface area contributed by atoms with Crippen LogP contribution in [-0.4, -0.2) is 7.11 Å². The Morgan fingerprint density at radius 1 is 1.29 bits per heavy atom. The van der Waals surface area contributed by atoms with E-state index in [2.05, 4.69) is 13.8 Å². The van der Waals surface area contributed by atoms with Crippen LogP contribution in [0, 0.1) is 13.8 Å². The van der Waals surface area contributed by atoms with Crippen LogP contribution in [0.3, 0.4) is 0 Å². The van der Waals surface area contributed by atoms with Gasteiger partial charge in [-0.2, -0.15) is 0 Å². The minimum Gasteiger partial charge on any atom is -0.496 e. The molecule has 0 aliphatic carbocycles. The Kier molecular flexibility index (Phi) is 3.31. The van der Waals surface area contributed by atoms with Gasteiger partial charge in [-0.15, -0.1) is 11.3 Å². The van der Waals surface area contributed by atoms with Gasteiger partial charge in [0.15, 0.2) is 0 Å². The summed E-state index contributed by atoms with van der Waals surface area (Å²) in [6.07, 6.45) is 0. The van der Waals surface area contributed by atoms with Crippen molar-refractivity contribution in [3.8, 4) is 16.9 Å². The summed E-state index contributed by atoms with van der Waals surface area (Å²) in [6.45, 7) is 4.13. The summed E-state index contributed by atoms with van der Waals surface area (Å²) >= 11 is 7.64. The van der Waals surface area contributed by atoms with Crippen LogP contribution in [0.5, 0.6) is 5.75 Å². The number of aryl methyl sites for hydroxylation is 1. The third-order valence-electron chi connectivity index (χ3n) is 2.84. The molecule has 0 radical (unpaired) electrons. The zero-order valence-electron chi connectivity index (χ0n) is 10.0. The maximum atomic E-state index is 6.07. The number of thiophene rings is 1. The summed E-state index contributed by atoms with van der Waals surface area (Å²) in [5.41, 5.74) is 9.25. The smallest absolute Gasteiger partial charge is 0.126 e. The molecule has 1 aromatic carbocycles. The average Bonchev–Trinajstić information content (AvgIpc) is 2.53. The molecular weight excluding hydrogens is 254 g/mol. The first kappa shape index (κ1) is 12.3. The van der Waals surface area contributed by atoms with Crippen molar-refractivity contribution in [3.63, 3.8) is 0 Å². The quantitative estimate of drug-likeness (QED) is 0.882. The molecule has 4 heteroatoms. The second-order valence-electron chi connectivity index (χ2n) is 3.87. The number of hydrogen-bond donors (Lipinski definition) is 1. The average molecular weight is 268 g/mol. The third kappa shape index (κ3) is 2.13. The molecule has 90 valence electrons. The van der Waals surface area contributed by atoms with Crippen molar-refractivity contribution in [1.82, 2.24) is 0 Å². The topological polar surface area (TPSA) is 35.2 Å². The third-order valence-corrected chi connectivity index (χ3v) is 4.11. The largest absolute Gasteiger partial charge is 0.496 e. The van der Waals surface area contributed by atoms with Crippen LogP contribution in [0.2, 0.25) is 5.02 Å². The van der Waals surface area contributed by atoms with E-state index >= 15 is 0 Å². The lowest BCUT2D eigenvalue weighted by atomic mass is 10.0. The van der Waals surface area contributed by atoms with Crippen LogP contribution < -0.4 is 10.5 Å². The molecule has 0 unspecified atom stereocenters. The van der Waals surface area contributed by atoms with Gasteiger partial charge in [0, 0.05) is 21.0 Å². The molecule has 0 bridgehead atoms. The number of rotatable bonds is 2. The molecule has 1 aromatic heterocycles. The molecule has 0 saturated heterocycles. The number of ether oxygens (including phenoxy) is 1. The van der Waals surface area contributed by atoms with Gasteiger partial charge in [-0.25, -0.2) is 0 Å². The zero-order valence-corrected chi connectivity index (χ0v) is 11.6. The molecule has 17 heavy (non-hydrogen) atoms. The number of anilines is 1. The van der Waals surface area contributed by atoms with E-state index in [1.807, 2.05) is 18.2 Å². The minimum atomic E-state index is 0.684. The highest BCUT2D eigenvalue weighted by molar-refractivity contribution is 7.16. The molecule has 2 N–H and O–H groups in total. The first-order chi connectivity index (χ1) is 8.04. The summed E-state index contributed by atoms with van der Waals surface area (Å²) < 4.78 is 5.36. The Labute approximate surface area is 110 Å². The number of benzene rings is 1.